The highest BCUT2D eigenvalue weighted by molar-refractivity contribution is 7.89. The molecule has 0 bridgehead atoms. The van der Waals surface area contributed by atoms with Gasteiger partial charge in [0.2, 0.25) is 10.0 Å². The molecule has 0 spiro atoms. The van der Waals surface area contributed by atoms with Crippen molar-refractivity contribution in [2.75, 3.05) is 6.54 Å². The molecule has 0 aliphatic rings. The molecule has 0 amide bonds. The number of benzene rings is 1. The van der Waals surface area contributed by atoms with Crippen LogP contribution in [0.5, 0.6) is 5.75 Å². The average Bonchev–Trinajstić information content (AvgIpc) is 2.46. The van der Waals surface area contributed by atoms with Gasteiger partial charge < -0.3 is 10.5 Å². The number of hydrogen-bond donors (Lipinski definition) is 2. The summed E-state index contributed by atoms with van der Waals surface area (Å²) in [7, 11) is -3.88. The maximum atomic E-state index is 12.4. The van der Waals surface area contributed by atoms with Crippen LogP contribution in [0.2, 0.25) is 5.02 Å². The van der Waals surface area contributed by atoms with Crippen LogP contribution in [0.1, 0.15) is 26.7 Å². The number of sulfonamides is 1. The Morgan fingerprint density at radius 1 is 1.35 bits per heavy atom. The van der Waals surface area contributed by atoms with Crippen LogP contribution in [0.3, 0.4) is 0 Å². The Bertz CT molecular complexity index is 603. The lowest BCUT2D eigenvalue weighted by molar-refractivity contribution is -0.0498. The second kappa shape index (κ2) is 8.98. The largest absolute Gasteiger partial charge is 0.433 e. The lowest BCUT2D eigenvalue weighted by Gasteiger charge is -2.31. The van der Waals surface area contributed by atoms with Crippen molar-refractivity contribution in [2.45, 2.75) is 43.7 Å². The van der Waals surface area contributed by atoms with Crippen LogP contribution in [0, 0.1) is 0 Å². The SMILES string of the molecule is CCC(CC)(CN)NS(=O)(=O)c1ccc(OC(F)F)c(Cl)c1.Cl. The van der Waals surface area contributed by atoms with Crippen molar-refractivity contribution < 1.29 is 21.9 Å². The van der Waals surface area contributed by atoms with Gasteiger partial charge in [0.25, 0.3) is 0 Å². The molecule has 1 aromatic carbocycles. The Morgan fingerprint density at radius 3 is 2.30 bits per heavy atom. The second-order valence-electron chi connectivity index (χ2n) is 4.77. The molecule has 0 radical (unpaired) electrons. The van der Waals surface area contributed by atoms with Gasteiger partial charge in [0.15, 0.2) is 0 Å². The molecular weight excluding hydrogens is 373 g/mol. The van der Waals surface area contributed by atoms with E-state index < -0.39 is 22.2 Å². The highest BCUT2D eigenvalue weighted by Gasteiger charge is 2.31. The van der Waals surface area contributed by atoms with Gasteiger partial charge in [-0.3, -0.25) is 0 Å². The van der Waals surface area contributed by atoms with Crippen molar-refractivity contribution in [3.8, 4) is 5.75 Å². The third-order valence-electron chi connectivity index (χ3n) is 3.52. The monoisotopic (exact) mass is 392 g/mol. The zero-order valence-corrected chi connectivity index (χ0v) is 15.1. The first-order chi connectivity index (χ1) is 10.2. The van der Waals surface area contributed by atoms with E-state index in [0.717, 1.165) is 18.2 Å². The number of hydrogen-bond acceptors (Lipinski definition) is 4. The van der Waals surface area contributed by atoms with Crippen LogP contribution in [0.25, 0.3) is 0 Å². The maximum Gasteiger partial charge on any atom is 0.387 e. The number of ether oxygens (including phenoxy) is 1. The minimum Gasteiger partial charge on any atom is -0.433 e. The quantitative estimate of drug-likeness (QED) is 0.711. The first-order valence-corrected chi connectivity index (χ1v) is 8.54. The minimum atomic E-state index is -3.88. The number of nitrogens with two attached hydrogens (primary N) is 1. The number of alkyl halides is 2. The van der Waals surface area contributed by atoms with E-state index in [2.05, 4.69) is 9.46 Å². The molecular formula is C13H20Cl2F2N2O3S. The van der Waals surface area contributed by atoms with E-state index in [1.807, 2.05) is 13.8 Å². The summed E-state index contributed by atoms with van der Waals surface area (Å²) in [5.74, 6) is -0.285. The summed E-state index contributed by atoms with van der Waals surface area (Å²) in [5.41, 5.74) is 4.91. The Labute approximate surface area is 146 Å². The van der Waals surface area contributed by atoms with Crippen LogP contribution >= 0.6 is 24.0 Å². The topological polar surface area (TPSA) is 81.4 Å². The standard InChI is InChI=1S/C13H19ClF2N2O3S.ClH/c1-3-13(4-2,8-17)18-22(19,20)9-5-6-11(10(14)7-9)21-12(15)16;/h5-7,12,18H,3-4,8,17H2,1-2H3;1H. The predicted molar refractivity (Wildman–Crippen MR) is 88.0 cm³/mol. The summed E-state index contributed by atoms with van der Waals surface area (Å²) in [6, 6.07) is 3.30. The summed E-state index contributed by atoms with van der Waals surface area (Å²) >= 11 is 5.78. The smallest absolute Gasteiger partial charge is 0.387 e. The summed E-state index contributed by atoms with van der Waals surface area (Å²) in [5, 5.41) is -0.213. The fourth-order valence-electron chi connectivity index (χ4n) is 1.91. The molecule has 0 heterocycles. The van der Waals surface area contributed by atoms with Gasteiger partial charge in [-0.1, -0.05) is 25.4 Å². The van der Waals surface area contributed by atoms with Gasteiger partial charge in [-0.2, -0.15) is 8.78 Å². The summed E-state index contributed by atoms with van der Waals surface area (Å²) in [6.07, 6.45) is 1.03. The van der Waals surface area contributed by atoms with Gasteiger partial charge in [0, 0.05) is 12.1 Å². The normalized spacial score (nSPS) is 12.1. The van der Waals surface area contributed by atoms with E-state index in [1.54, 1.807) is 0 Å². The molecule has 3 N–H and O–H groups in total. The van der Waals surface area contributed by atoms with Crippen LogP contribution in [-0.4, -0.2) is 27.1 Å². The molecule has 1 aromatic rings. The van der Waals surface area contributed by atoms with Crippen molar-refractivity contribution in [2.24, 2.45) is 5.73 Å². The van der Waals surface area contributed by atoms with Crippen molar-refractivity contribution in [1.82, 2.24) is 4.72 Å². The van der Waals surface area contributed by atoms with Gasteiger partial charge in [-0.05, 0) is 31.0 Å². The van der Waals surface area contributed by atoms with Crippen molar-refractivity contribution in [1.29, 1.82) is 0 Å². The van der Waals surface area contributed by atoms with Gasteiger partial charge in [0.05, 0.1) is 9.92 Å². The van der Waals surface area contributed by atoms with Crippen LogP contribution in [-0.2, 0) is 10.0 Å². The van der Waals surface area contributed by atoms with Gasteiger partial charge in [0.1, 0.15) is 5.75 Å². The summed E-state index contributed by atoms with van der Waals surface area (Å²) < 4.78 is 55.9. The number of halogens is 4. The van der Waals surface area contributed by atoms with E-state index in [-0.39, 0.29) is 34.6 Å². The van der Waals surface area contributed by atoms with E-state index in [9.17, 15) is 17.2 Å². The second-order valence-corrected chi connectivity index (χ2v) is 6.86. The number of rotatable bonds is 8. The molecule has 0 unspecified atom stereocenters. The van der Waals surface area contributed by atoms with Gasteiger partial charge in [-0.25, -0.2) is 13.1 Å². The highest BCUT2D eigenvalue weighted by Crippen LogP contribution is 2.29. The number of nitrogens with one attached hydrogen (secondary N) is 1. The molecule has 1 rings (SSSR count). The fraction of sp³-hybridized carbons (Fsp3) is 0.538. The Kier molecular flexibility index (Phi) is 8.72. The molecule has 134 valence electrons. The summed E-state index contributed by atoms with van der Waals surface area (Å²) in [6.45, 7) is 0.749. The maximum absolute atomic E-state index is 12.4. The van der Waals surface area contributed by atoms with E-state index in [4.69, 9.17) is 17.3 Å². The zero-order chi connectivity index (χ0) is 17.0. The van der Waals surface area contributed by atoms with Crippen LogP contribution < -0.4 is 15.2 Å². The Morgan fingerprint density at radius 2 is 1.91 bits per heavy atom. The van der Waals surface area contributed by atoms with Crippen molar-refractivity contribution in [3.63, 3.8) is 0 Å². The highest BCUT2D eigenvalue weighted by atomic mass is 35.5. The Balaban J connectivity index is 0.00000484. The van der Waals surface area contributed by atoms with E-state index in [0.29, 0.717) is 12.8 Å². The van der Waals surface area contributed by atoms with Crippen LogP contribution in [0.4, 0.5) is 8.78 Å². The van der Waals surface area contributed by atoms with Crippen LogP contribution in [0.15, 0.2) is 23.1 Å². The molecule has 0 atom stereocenters. The third-order valence-corrected chi connectivity index (χ3v) is 5.40. The third kappa shape index (κ3) is 5.72. The molecule has 0 aliphatic carbocycles. The van der Waals surface area contributed by atoms with Gasteiger partial charge in [-0.15, -0.1) is 12.4 Å². The van der Waals surface area contributed by atoms with Gasteiger partial charge >= 0.3 is 6.61 Å². The molecule has 10 heteroatoms. The van der Waals surface area contributed by atoms with Crippen molar-refractivity contribution in [3.05, 3.63) is 23.2 Å². The first kappa shape index (κ1) is 22.3. The molecule has 0 saturated heterocycles. The van der Waals surface area contributed by atoms with E-state index in [1.165, 1.54) is 0 Å². The Hall–Kier alpha value is -0.670. The molecule has 0 fully saturated rings. The fourth-order valence-corrected chi connectivity index (χ4v) is 3.78. The molecule has 5 nitrogen and oxygen atoms in total. The molecule has 23 heavy (non-hydrogen) atoms. The van der Waals surface area contributed by atoms with Crippen molar-refractivity contribution >= 4 is 34.0 Å². The lowest BCUT2D eigenvalue weighted by atomic mass is 9.95. The molecule has 0 saturated carbocycles. The minimum absolute atomic E-state index is 0. The molecule has 0 aliphatic heterocycles. The lowest BCUT2D eigenvalue weighted by Crippen LogP contribution is -2.52. The van der Waals surface area contributed by atoms with E-state index >= 15 is 0 Å². The predicted octanol–water partition coefficient (Wildman–Crippen LogP) is 3.16. The summed E-state index contributed by atoms with van der Waals surface area (Å²) in [4.78, 5) is -0.140. The first-order valence-electron chi connectivity index (χ1n) is 6.68. The zero-order valence-electron chi connectivity index (χ0n) is 12.7. The molecule has 0 aromatic heterocycles. The average molecular weight is 393 g/mol.